The first-order valence-corrected chi connectivity index (χ1v) is 4.33. The van der Waals surface area contributed by atoms with Gasteiger partial charge in [-0.15, -0.1) is 0 Å². The van der Waals surface area contributed by atoms with Gasteiger partial charge in [-0.25, -0.2) is 9.97 Å². The lowest BCUT2D eigenvalue weighted by Crippen LogP contribution is -1.95. The SMILES string of the molecule is Nc1ncnc(-c2ccncc2)c1Cl. The first kappa shape index (κ1) is 8.90. The molecule has 0 bridgehead atoms. The largest absolute Gasteiger partial charge is 0.382 e. The molecule has 0 fully saturated rings. The molecular formula is C9H7ClN4. The first-order chi connectivity index (χ1) is 6.79. The highest BCUT2D eigenvalue weighted by atomic mass is 35.5. The van der Waals surface area contributed by atoms with Crippen molar-refractivity contribution in [3.63, 3.8) is 0 Å². The summed E-state index contributed by atoms with van der Waals surface area (Å²) in [5.41, 5.74) is 7.06. The van der Waals surface area contributed by atoms with E-state index in [2.05, 4.69) is 15.0 Å². The van der Waals surface area contributed by atoms with Gasteiger partial charge >= 0.3 is 0 Å². The summed E-state index contributed by atoms with van der Waals surface area (Å²) in [4.78, 5) is 11.7. The molecule has 0 saturated heterocycles. The Kier molecular flexibility index (Phi) is 2.28. The van der Waals surface area contributed by atoms with Crippen LogP contribution in [0.15, 0.2) is 30.9 Å². The molecule has 0 saturated carbocycles. The van der Waals surface area contributed by atoms with E-state index in [-0.39, 0.29) is 5.82 Å². The Balaban J connectivity index is 2.58. The predicted molar refractivity (Wildman–Crippen MR) is 54.7 cm³/mol. The summed E-state index contributed by atoms with van der Waals surface area (Å²) >= 11 is 5.96. The summed E-state index contributed by atoms with van der Waals surface area (Å²) in [5, 5.41) is 0.374. The molecule has 0 atom stereocenters. The maximum Gasteiger partial charge on any atom is 0.146 e. The fourth-order valence-corrected chi connectivity index (χ4v) is 1.30. The molecule has 0 aliphatic carbocycles. The van der Waals surface area contributed by atoms with Crippen molar-refractivity contribution in [1.29, 1.82) is 0 Å². The first-order valence-electron chi connectivity index (χ1n) is 3.95. The number of aromatic nitrogens is 3. The molecule has 0 spiro atoms. The van der Waals surface area contributed by atoms with E-state index in [9.17, 15) is 0 Å². The molecule has 2 aromatic heterocycles. The van der Waals surface area contributed by atoms with Crippen molar-refractivity contribution in [2.75, 3.05) is 5.73 Å². The van der Waals surface area contributed by atoms with Crippen LogP contribution < -0.4 is 5.73 Å². The van der Waals surface area contributed by atoms with Crippen molar-refractivity contribution in [2.24, 2.45) is 0 Å². The number of halogens is 1. The number of hydrogen-bond acceptors (Lipinski definition) is 4. The fourth-order valence-electron chi connectivity index (χ4n) is 1.09. The Bertz CT molecular complexity index is 444. The van der Waals surface area contributed by atoms with E-state index in [1.165, 1.54) is 6.33 Å². The van der Waals surface area contributed by atoms with E-state index in [1.807, 2.05) is 12.1 Å². The molecule has 0 radical (unpaired) electrons. The molecule has 4 nitrogen and oxygen atoms in total. The third-order valence-corrected chi connectivity index (χ3v) is 2.14. The van der Waals surface area contributed by atoms with Crippen LogP contribution in [0.2, 0.25) is 5.02 Å². The van der Waals surface area contributed by atoms with Gasteiger partial charge in [0, 0.05) is 18.0 Å². The van der Waals surface area contributed by atoms with Gasteiger partial charge in [0.25, 0.3) is 0 Å². The van der Waals surface area contributed by atoms with Crippen LogP contribution in [0.25, 0.3) is 11.3 Å². The van der Waals surface area contributed by atoms with Crippen LogP contribution in [0, 0.1) is 0 Å². The zero-order valence-corrected chi connectivity index (χ0v) is 7.94. The average molecular weight is 207 g/mol. The van der Waals surface area contributed by atoms with Crippen molar-refractivity contribution in [1.82, 2.24) is 15.0 Å². The normalized spacial score (nSPS) is 10.1. The molecule has 0 amide bonds. The minimum absolute atomic E-state index is 0.286. The maximum atomic E-state index is 5.96. The van der Waals surface area contributed by atoms with E-state index < -0.39 is 0 Å². The Hall–Kier alpha value is -1.68. The molecule has 5 heteroatoms. The molecule has 0 aliphatic rings. The lowest BCUT2D eigenvalue weighted by Gasteiger charge is -2.03. The van der Waals surface area contributed by atoms with Crippen LogP contribution in [0.1, 0.15) is 0 Å². The van der Waals surface area contributed by atoms with Gasteiger partial charge in [-0.05, 0) is 12.1 Å². The van der Waals surface area contributed by atoms with Crippen LogP contribution in [0.3, 0.4) is 0 Å². The van der Waals surface area contributed by atoms with Gasteiger partial charge in [0.2, 0.25) is 0 Å². The summed E-state index contributed by atoms with van der Waals surface area (Å²) in [7, 11) is 0. The van der Waals surface area contributed by atoms with Crippen LogP contribution in [0.4, 0.5) is 5.82 Å². The zero-order valence-electron chi connectivity index (χ0n) is 7.18. The summed E-state index contributed by atoms with van der Waals surface area (Å²) in [6.45, 7) is 0. The lowest BCUT2D eigenvalue weighted by atomic mass is 10.2. The molecule has 70 valence electrons. The highest BCUT2D eigenvalue weighted by Gasteiger charge is 2.07. The monoisotopic (exact) mass is 206 g/mol. The Morgan fingerprint density at radius 2 is 1.86 bits per heavy atom. The number of nitrogens with zero attached hydrogens (tertiary/aromatic N) is 3. The van der Waals surface area contributed by atoms with E-state index >= 15 is 0 Å². The van der Waals surface area contributed by atoms with Gasteiger partial charge < -0.3 is 5.73 Å². The quantitative estimate of drug-likeness (QED) is 0.773. The third-order valence-electron chi connectivity index (χ3n) is 1.77. The van der Waals surface area contributed by atoms with Crippen LogP contribution >= 0.6 is 11.6 Å². The number of nitrogens with two attached hydrogens (primary N) is 1. The predicted octanol–water partition coefficient (Wildman–Crippen LogP) is 1.77. The van der Waals surface area contributed by atoms with Gasteiger partial charge in [0.15, 0.2) is 0 Å². The molecular weight excluding hydrogens is 200 g/mol. The Morgan fingerprint density at radius 3 is 2.57 bits per heavy atom. The Labute approximate surface area is 85.8 Å². The van der Waals surface area contributed by atoms with Gasteiger partial charge in [0.1, 0.15) is 17.2 Å². The van der Waals surface area contributed by atoms with Gasteiger partial charge in [-0.2, -0.15) is 0 Å². The zero-order chi connectivity index (χ0) is 9.97. The molecule has 2 rings (SSSR count). The van der Waals surface area contributed by atoms with Gasteiger partial charge in [-0.1, -0.05) is 11.6 Å². The number of hydrogen-bond donors (Lipinski definition) is 1. The van der Waals surface area contributed by atoms with Crippen molar-refractivity contribution in [2.45, 2.75) is 0 Å². The third kappa shape index (κ3) is 1.52. The van der Waals surface area contributed by atoms with E-state index in [0.29, 0.717) is 10.7 Å². The van der Waals surface area contributed by atoms with E-state index in [1.54, 1.807) is 12.4 Å². The Morgan fingerprint density at radius 1 is 1.14 bits per heavy atom. The van der Waals surface area contributed by atoms with E-state index in [4.69, 9.17) is 17.3 Å². The molecule has 2 aromatic rings. The summed E-state index contributed by atoms with van der Waals surface area (Å²) in [5.74, 6) is 0.286. The summed E-state index contributed by atoms with van der Waals surface area (Å²) < 4.78 is 0. The smallest absolute Gasteiger partial charge is 0.146 e. The molecule has 0 aliphatic heterocycles. The van der Waals surface area contributed by atoms with Gasteiger partial charge in [0.05, 0.1) is 5.69 Å². The fraction of sp³-hybridized carbons (Fsp3) is 0. The average Bonchev–Trinajstić information content (AvgIpc) is 2.23. The number of anilines is 1. The maximum absolute atomic E-state index is 5.96. The topological polar surface area (TPSA) is 64.7 Å². The van der Waals surface area contributed by atoms with Crippen molar-refractivity contribution >= 4 is 17.4 Å². The molecule has 2 N–H and O–H groups in total. The minimum Gasteiger partial charge on any atom is -0.382 e. The van der Waals surface area contributed by atoms with Crippen LogP contribution in [-0.2, 0) is 0 Å². The molecule has 0 unspecified atom stereocenters. The minimum atomic E-state index is 0.286. The van der Waals surface area contributed by atoms with Crippen LogP contribution in [-0.4, -0.2) is 15.0 Å². The molecule has 2 heterocycles. The van der Waals surface area contributed by atoms with Crippen molar-refractivity contribution < 1.29 is 0 Å². The number of rotatable bonds is 1. The van der Waals surface area contributed by atoms with Crippen molar-refractivity contribution in [3.05, 3.63) is 35.9 Å². The molecule has 0 aromatic carbocycles. The highest BCUT2D eigenvalue weighted by molar-refractivity contribution is 6.35. The standard InChI is InChI=1S/C9H7ClN4/c10-7-8(13-5-14-9(7)11)6-1-3-12-4-2-6/h1-5H,(H2,11,13,14). The number of nitrogen functional groups attached to an aromatic ring is 1. The number of pyridine rings is 1. The summed E-state index contributed by atoms with van der Waals surface area (Å²) in [6.07, 6.45) is 4.73. The lowest BCUT2D eigenvalue weighted by molar-refractivity contribution is 1.18. The summed E-state index contributed by atoms with van der Waals surface area (Å²) in [6, 6.07) is 3.63. The van der Waals surface area contributed by atoms with Crippen LogP contribution in [0.5, 0.6) is 0 Å². The van der Waals surface area contributed by atoms with E-state index in [0.717, 1.165) is 5.56 Å². The second-order valence-corrected chi connectivity index (χ2v) is 3.04. The highest BCUT2D eigenvalue weighted by Crippen LogP contribution is 2.27. The second-order valence-electron chi connectivity index (χ2n) is 2.66. The van der Waals surface area contributed by atoms with Crippen molar-refractivity contribution in [3.8, 4) is 11.3 Å². The second kappa shape index (κ2) is 3.59. The van der Waals surface area contributed by atoms with Gasteiger partial charge in [-0.3, -0.25) is 4.98 Å². The molecule has 14 heavy (non-hydrogen) atoms.